The Morgan fingerprint density at radius 3 is 2.50 bits per heavy atom. The molecule has 1 atom stereocenters. The summed E-state index contributed by atoms with van der Waals surface area (Å²) >= 11 is 0. The molecule has 0 aliphatic rings. The Balaban J connectivity index is 2.93. The molecule has 0 aromatic carbocycles. The summed E-state index contributed by atoms with van der Waals surface area (Å²) in [5.74, 6) is 0.746. The molecule has 1 aromatic rings. The first-order valence-electron chi connectivity index (χ1n) is 5.91. The second kappa shape index (κ2) is 5.81. The topological polar surface area (TPSA) is 84.2 Å². The standard InChI is InChI=1S/C11H21N3O3S/c1-8(2)10(5-6-15)13-18(16,17)11-7-14(4)9(3)12-11/h7-8,10,13,15H,5-6H2,1-4H3. The second-order valence-corrected chi connectivity index (χ2v) is 6.38. The zero-order valence-electron chi connectivity index (χ0n) is 11.2. The summed E-state index contributed by atoms with van der Waals surface area (Å²) in [4.78, 5) is 4.00. The zero-order valence-corrected chi connectivity index (χ0v) is 12.0. The fourth-order valence-electron chi connectivity index (χ4n) is 1.58. The summed E-state index contributed by atoms with van der Waals surface area (Å²) in [5.41, 5.74) is 0. The number of sulfonamides is 1. The van der Waals surface area contributed by atoms with E-state index in [9.17, 15) is 8.42 Å². The molecule has 1 unspecified atom stereocenters. The minimum atomic E-state index is -3.62. The molecule has 0 saturated carbocycles. The van der Waals surface area contributed by atoms with Crippen molar-refractivity contribution < 1.29 is 13.5 Å². The number of nitrogens with one attached hydrogen (secondary N) is 1. The third-order valence-corrected chi connectivity index (χ3v) is 4.27. The molecular weight excluding hydrogens is 254 g/mol. The molecule has 6 nitrogen and oxygen atoms in total. The van der Waals surface area contributed by atoms with E-state index in [0.717, 1.165) is 0 Å². The maximum atomic E-state index is 12.1. The average Bonchev–Trinajstić information content (AvgIpc) is 2.59. The Bertz CT molecular complexity index is 474. The van der Waals surface area contributed by atoms with E-state index in [1.54, 1.807) is 18.5 Å². The molecule has 0 bridgehead atoms. The lowest BCUT2D eigenvalue weighted by atomic mass is 10.0. The van der Waals surface area contributed by atoms with Crippen molar-refractivity contribution >= 4 is 10.0 Å². The molecule has 0 aliphatic carbocycles. The Hall–Kier alpha value is -0.920. The van der Waals surface area contributed by atoms with Crippen LogP contribution < -0.4 is 4.72 Å². The first-order chi connectivity index (χ1) is 8.27. The molecule has 0 spiro atoms. The van der Waals surface area contributed by atoms with Gasteiger partial charge in [0.2, 0.25) is 0 Å². The quantitative estimate of drug-likeness (QED) is 0.788. The van der Waals surface area contributed by atoms with E-state index in [4.69, 9.17) is 5.11 Å². The highest BCUT2D eigenvalue weighted by Crippen LogP contribution is 2.12. The number of aromatic nitrogens is 2. The molecule has 0 amide bonds. The van der Waals surface area contributed by atoms with Crippen molar-refractivity contribution in [3.8, 4) is 0 Å². The maximum absolute atomic E-state index is 12.1. The molecule has 0 fully saturated rings. The summed E-state index contributed by atoms with van der Waals surface area (Å²) < 4.78 is 28.5. The van der Waals surface area contributed by atoms with Gasteiger partial charge < -0.3 is 9.67 Å². The van der Waals surface area contributed by atoms with E-state index in [0.29, 0.717) is 12.2 Å². The Kier molecular flexibility index (Phi) is 4.89. The summed E-state index contributed by atoms with van der Waals surface area (Å²) in [5, 5.41) is 8.97. The molecule has 1 aromatic heterocycles. The van der Waals surface area contributed by atoms with E-state index in [1.807, 2.05) is 13.8 Å². The van der Waals surface area contributed by atoms with Crippen LogP contribution in [0.2, 0.25) is 0 Å². The van der Waals surface area contributed by atoms with Gasteiger partial charge in [0.25, 0.3) is 10.0 Å². The van der Waals surface area contributed by atoms with Crippen LogP contribution >= 0.6 is 0 Å². The predicted molar refractivity (Wildman–Crippen MR) is 68.6 cm³/mol. The Labute approximate surface area is 108 Å². The van der Waals surface area contributed by atoms with Gasteiger partial charge in [0.05, 0.1) is 0 Å². The van der Waals surface area contributed by atoms with Gasteiger partial charge in [0.1, 0.15) is 5.82 Å². The zero-order chi connectivity index (χ0) is 13.9. The van der Waals surface area contributed by atoms with Crippen LogP contribution in [0.25, 0.3) is 0 Å². The lowest BCUT2D eigenvalue weighted by molar-refractivity contribution is 0.256. The smallest absolute Gasteiger partial charge is 0.259 e. The van der Waals surface area contributed by atoms with Crippen molar-refractivity contribution in [2.45, 2.75) is 38.3 Å². The van der Waals surface area contributed by atoms with Gasteiger partial charge in [0.15, 0.2) is 5.03 Å². The summed E-state index contributed by atoms with van der Waals surface area (Å²) in [6, 6.07) is -0.290. The molecule has 18 heavy (non-hydrogen) atoms. The van der Waals surface area contributed by atoms with Crippen molar-refractivity contribution in [1.82, 2.24) is 14.3 Å². The number of nitrogens with zero attached hydrogens (tertiary/aromatic N) is 2. The monoisotopic (exact) mass is 275 g/mol. The summed E-state index contributed by atoms with van der Waals surface area (Å²) in [6.07, 6.45) is 1.87. The highest BCUT2D eigenvalue weighted by Gasteiger charge is 2.24. The van der Waals surface area contributed by atoms with E-state index in [-0.39, 0.29) is 23.6 Å². The lowest BCUT2D eigenvalue weighted by Crippen LogP contribution is -2.39. The van der Waals surface area contributed by atoms with Crippen molar-refractivity contribution in [3.63, 3.8) is 0 Å². The Morgan fingerprint density at radius 2 is 2.11 bits per heavy atom. The first kappa shape index (κ1) is 15.1. The van der Waals surface area contributed by atoms with Crippen LogP contribution in [0.3, 0.4) is 0 Å². The lowest BCUT2D eigenvalue weighted by Gasteiger charge is -2.20. The highest BCUT2D eigenvalue weighted by atomic mass is 32.2. The van der Waals surface area contributed by atoms with Crippen LogP contribution in [-0.2, 0) is 17.1 Å². The van der Waals surface area contributed by atoms with E-state index in [2.05, 4.69) is 9.71 Å². The Morgan fingerprint density at radius 1 is 1.50 bits per heavy atom. The molecule has 104 valence electrons. The van der Waals surface area contributed by atoms with Crippen LogP contribution in [0.5, 0.6) is 0 Å². The minimum absolute atomic E-state index is 0.0195. The van der Waals surface area contributed by atoms with Gasteiger partial charge >= 0.3 is 0 Å². The SMILES string of the molecule is Cc1nc(S(=O)(=O)NC(CCO)C(C)C)cn1C. The first-order valence-corrected chi connectivity index (χ1v) is 7.39. The van der Waals surface area contributed by atoms with Gasteiger partial charge in [-0.05, 0) is 19.3 Å². The maximum Gasteiger partial charge on any atom is 0.259 e. The number of imidazole rings is 1. The van der Waals surface area contributed by atoms with E-state index >= 15 is 0 Å². The normalized spacial score (nSPS) is 14.1. The second-order valence-electron chi connectivity index (χ2n) is 4.72. The van der Waals surface area contributed by atoms with Crippen LogP contribution in [0, 0.1) is 12.8 Å². The van der Waals surface area contributed by atoms with Gasteiger partial charge in [-0.25, -0.2) is 18.1 Å². The molecule has 1 rings (SSSR count). The van der Waals surface area contributed by atoms with E-state index < -0.39 is 10.0 Å². The van der Waals surface area contributed by atoms with Gasteiger partial charge in [0, 0.05) is 25.9 Å². The predicted octanol–water partition coefficient (Wildman–Crippen LogP) is 0.414. The van der Waals surface area contributed by atoms with Crippen molar-refractivity contribution in [2.75, 3.05) is 6.61 Å². The third-order valence-electron chi connectivity index (χ3n) is 2.91. The van der Waals surface area contributed by atoms with Crippen LogP contribution in [0.4, 0.5) is 0 Å². The molecule has 0 radical (unpaired) electrons. The number of hydrogen-bond acceptors (Lipinski definition) is 4. The highest BCUT2D eigenvalue weighted by molar-refractivity contribution is 7.89. The molecule has 1 heterocycles. The van der Waals surface area contributed by atoms with Crippen molar-refractivity contribution in [1.29, 1.82) is 0 Å². The molecular formula is C11H21N3O3S. The number of aryl methyl sites for hydroxylation is 2. The summed E-state index contributed by atoms with van der Waals surface area (Å²) in [7, 11) is -1.88. The molecule has 7 heteroatoms. The van der Waals surface area contributed by atoms with Gasteiger partial charge in [-0.2, -0.15) is 0 Å². The number of rotatable bonds is 6. The number of aliphatic hydroxyl groups is 1. The van der Waals surface area contributed by atoms with Gasteiger partial charge in [-0.15, -0.1) is 0 Å². The largest absolute Gasteiger partial charge is 0.396 e. The number of aliphatic hydroxyl groups excluding tert-OH is 1. The van der Waals surface area contributed by atoms with Gasteiger partial charge in [-0.1, -0.05) is 13.8 Å². The third kappa shape index (κ3) is 3.54. The van der Waals surface area contributed by atoms with Crippen LogP contribution in [0.15, 0.2) is 11.2 Å². The fourth-order valence-corrected chi connectivity index (χ4v) is 3.04. The fraction of sp³-hybridized carbons (Fsp3) is 0.727. The molecule has 0 saturated heterocycles. The minimum Gasteiger partial charge on any atom is -0.396 e. The van der Waals surface area contributed by atoms with Crippen molar-refractivity contribution in [2.24, 2.45) is 13.0 Å². The van der Waals surface area contributed by atoms with Crippen LogP contribution in [-0.4, -0.2) is 35.7 Å². The summed E-state index contributed by atoms with van der Waals surface area (Å²) in [6.45, 7) is 5.51. The van der Waals surface area contributed by atoms with Gasteiger partial charge in [-0.3, -0.25) is 0 Å². The molecule has 0 aliphatic heterocycles. The number of hydrogen-bond donors (Lipinski definition) is 2. The van der Waals surface area contributed by atoms with Crippen LogP contribution in [0.1, 0.15) is 26.1 Å². The van der Waals surface area contributed by atoms with E-state index in [1.165, 1.54) is 6.20 Å². The van der Waals surface area contributed by atoms with Crippen molar-refractivity contribution in [3.05, 3.63) is 12.0 Å². The molecule has 2 N–H and O–H groups in total. The average molecular weight is 275 g/mol.